The summed E-state index contributed by atoms with van der Waals surface area (Å²) in [6, 6.07) is 9.88. The minimum absolute atomic E-state index is 0.331. The summed E-state index contributed by atoms with van der Waals surface area (Å²) < 4.78 is 16.4. The molecule has 7 heteroatoms. The Bertz CT molecular complexity index is 923. The van der Waals surface area contributed by atoms with Crippen molar-refractivity contribution in [3.63, 3.8) is 0 Å². The van der Waals surface area contributed by atoms with Gasteiger partial charge in [-0.1, -0.05) is 35.3 Å². The van der Waals surface area contributed by atoms with Crippen molar-refractivity contribution < 1.29 is 23.8 Å². The number of Topliss-reactive ketones (excluding diaryl/α,β-unsaturated/α-hetero) is 1. The fraction of sp³-hybridized carbons (Fsp3) is 0.238. The molecule has 0 aromatic heterocycles. The summed E-state index contributed by atoms with van der Waals surface area (Å²) in [5.74, 6) is 0.0520. The highest BCUT2D eigenvalue weighted by Gasteiger charge is 2.19. The van der Waals surface area contributed by atoms with E-state index in [4.69, 9.17) is 37.4 Å². The number of rotatable bonds is 5. The Balaban J connectivity index is 1.66. The van der Waals surface area contributed by atoms with Crippen LogP contribution in [0.25, 0.3) is 6.08 Å². The molecule has 1 unspecified atom stereocenters. The number of hydrogen-bond donors (Lipinski definition) is 0. The molecular formula is C21H18Cl2O5. The van der Waals surface area contributed by atoms with Crippen LogP contribution in [-0.4, -0.2) is 31.1 Å². The summed E-state index contributed by atoms with van der Waals surface area (Å²) in [6.07, 6.45) is 2.60. The van der Waals surface area contributed by atoms with Crippen LogP contribution in [0.2, 0.25) is 10.0 Å². The number of fused-ring (bicyclic) bond motifs is 1. The molecule has 1 heterocycles. The molecule has 0 spiro atoms. The molecule has 0 amide bonds. The van der Waals surface area contributed by atoms with Crippen LogP contribution >= 0.6 is 23.2 Å². The van der Waals surface area contributed by atoms with Crippen molar-refractivity contribution in [2.24, 2.45) is 0 Å². The Hall–Kier alpha value is -2.50. The molecule has 1 atom stereocenters. The van der Waals surface area contributed by atoms with E-state index in [0.29, 0.717) is 45.9 Å². The molecule has 28 heavy (non-hydrogen) atoms. The molecule has 0 fully saturated rings. The van der Waals surface area contributed by atoms with Crippen LogP contribution < -0.4 is 9.47 Å². The first-order valence-corrected chi connectivity index (χ1v) is 9.47. The Labute approximate surface area is 172 Å². The number of esters is 1. The van der Waals surface area contributed by atoms with Crippen LogP contribution in [0.3, 0.4) is 0 Å². The highest BCUT2D eigenvalue weighted by Crippen LogP contribution is 2.38. The van der Waals surface area contributed by atoms with Crippen molar-refractivity contribution >= 4 is 41.0 Å². The van der Waals surface area contributed by atoms with Crippen molar-refractivity contribution in [1.82, 2.24) is 0 Å². The lowest BCUT2D eigenvalue weighted by molar-refractivity contribution is -0.140. The molecule has 2 aromatic carbocycles. The van der Waals surface area contributed by atoms with Crippen LogP contribution in [0.1, 0.15) is 29.3 Å². The second-order valence-electron chi connectivity index (χ2n) is 6.17. The fourth-order valence-electron chi connectivity index (χ4n) is 2.65. The quantitative estimate of drug-likeness (QED) is 0.387. The van der Waals surface area contributed by atoms with Gasteiger partial charge in [0.1, 0.15) is 0 Å². The van der Waals surface area contributed by atoms with Gasteiger partial charge < -0.3 is 14.2 Å². The van der Waals surface area contributed by atoms with E-state index in [-0.39, 0.29) is 5.78 Å². The molecule has 0 N–H and O–H groups in total. The summed E-state index contributed by atoms with van der Waals surface area (Å²) in [7, 11) is 0. The van der Waals surface area contributed by atoms with Crippen LogP contribution in [0, 0.1) is 0 Å². The highest BCUT2D eigenvalue weighted by molar-refractivity contribution is 6.32. The van der Waals surface area contributed by atoms with E-state index in [2.05, 4.69) is 0 Å². The van der Waals surface area contributed by atoms with Gasteiger partial charge >= 0.3 is 5.97 Å². The number of carbonyl (C=O) groups is 2. The third kappa shape index (κ3) is 5.06. The maximum Gasteiger partial charge on any atom is 0.331 e. The third-order valence-corrected chi connectivity index (χ3v) is 4.52. The molecule has 3 rings (SSSR count). The highest BCUT2D eigenvalue weighted by atomic mass is 35.5. The maximum absolute atomic E-state index is 12.3. The summed E-state index contributed by atoms with van der Waals surface area (Å²) in [6.45, 7) is 2.58. The van der Waals surface area contributed by atoms with E-state index in [1.807, 2.05) is 0 Å². The number of ether oxygens (including phenoxy) is 3. The zero-order valence-electron chi connectivity index (χ0n) is 15.1. The minimum Gasteiger partial charge on any atom is -0.489 e. The smallest absolute Gasteiger partial charge is 0.331 e. The SMILES string of the molecule is CC(OC(=O)C=Cc1cc(Cl)c2c(c1)OCCCO2)C(=O)c1cccc(Cl)c1. The second-order valence-corrected chi connectivity index (χ2v) is 7.01. The molecule has 0 bridgehead atoms. The Morgan fingerprint density at radius 1 is 1.14 bits per heavy atom. The lowest BCUT2D eigenvalue weighted by Crippen LogP contribution is -2.23. The van der Waals surface area contributed by atoms with Crippen molar-refractivity contribution in [1.29, 1.82) is 0 Å². The van der Waals surface area contributed by atoms with E-state index in [1.54, 1.807) is 36.4 Å². The lowest BCUT2D eigenvalue weighted by atomic mass is 10.1. The van der Waals surface area contributed by atoms with Gasteiger partial charge in [0.2, 0.25) is 5.78 Å². The Morgan fingerprint density at radius 2 is 1.93 bits per heavy atom. The van der Waals surface area contributed by atoms with Gasteiger partial charge in [0.05, 0.1) is 18.2 Å². The first-order chi connectivity index (χ1) is 13.4. The van der Waals surface area contributed by atoms with Gasteiger partial charge in [-0.05, 0) is 42.8 Å². The zero-order chi connectivity index (χ0) is 20.1. The normalized spacial score (nSPS) is 14.4. The zero-order valence-corrected chi connectivity index (χ0v) is 16.6. The Morgan fingerprint density at radius 3 is 2.71 bits per heavy atom. The molecule has 5 nitrogen and oxygen atoms in total. The Kier molecular flexibility index (Phi) is 6.60. The van der Waals surface area contributed by atoms with Gasteiger partial charge in [-0.15, -0.1) is 0 Å². The van der Waals surface area contributed by atoms with Crippen molar-refractivity contribution in [3.8, 4) is 11.5 Å². The standard InChI is InChI=1S/C21H18Cl2O5/c1-13(20(25)15-4-2-5-16(22)12-15)28-19(24)7-6-14-10-17(23)21-18(11-14)26-8-3-9-27-21/h2,4-7,10-13H,3,8-9H2,1H3. The molecule has 1 aliphatic heterocycles. The van der Waals surface area contributed by atoms with Gasteiger partial charge in [0.25, 0.3) is 0 Å². The van der Waals surface area contributed by atoms with Crippen molar-refractivity contribution in [2.45, 2.75) is 19.4 Å². The molecule has 0 saturated carbocycles. The second kappa shape index (κ2) is 9.13. The van der Waals surface area contributed by atoms with E-state index < -0.39 is 12.1 Å². The topological polar surface area (TPSA) is 61.8 Å². The van der Waals surface area contributed by atoms with Gasteiger partial charge in [0, 0.05) is 23.1 Å². The van der Waals surface area contributed by atoms with Crippen LogP contribution in [-0.2, 0) is 9.53 Å². The minimum atomic E-state index is -0.942. The molecular weight excluding hydrogens is 403 g/mol. The van der Waals surface area contributed by atoms with E-state index in [1.165, 1.54) is 19.1 Å². The molecule has 0 aliphatic carbocycles. The monoisotopic (exact) mass is 420 g/mol. The lowest BCUT2D eigenvalue weighted by Gasteiger charge is -2.11. The van der Waals surface area contributed by atoms with E-state index >= 15 is 0 Å². The predicted octanol–water partition coefficient (Wildman–Crippen LogP) is 4.98. The molecule has 146 valence electrons. The van der Waals surface area contributed by atoms with Gasteiger partial charge in [-0.25, -0.2) is 4.79 Å². The number of benzene rings is 2. The number of halogens is 2. The first kappa shape index (κ1) is 20.2. The van der Waals surface area contributed by atoms with Crippen molar-refractivity contribution in [2.75, 3.05) is 13.2 Å². The summed E-state index contributed by atoms with van der Waals surface area (Å²) in [4.78, 5) is 24.4. The van der Waals surface area contributed by atoms with E-state index in [0.717, 1.165) is 6.42 Å². The largest absolute Gasteiger partial charge is 0.489 e. The maximum atomic E-state index is 12.3. The summed E-state index contributed by atoms with van der Waals surface area (Å²) in [5, 5.41) is 0.840. The first-order valence-electron chi connectivity index (χ1n) is 8.71. The molecule has 2 aromatic rings. The average Bonchev–Trinajstić information content (AvgIpc) is 2.91. The van der Waals surface area contributed by atoms with Crippen LogP contribution in [0.4, 0.5) is 0 Å². The van der Waals surface area contributed by atoms with Crippen LogP contribution in [0.15, 0.2) is 42.5 Å². The summed E-state index contributed by atoms with van der Waals surface area (Å²) >= 11 is 12.1. The van der Waals surface area contributed by atoms with E-state index in [9.17, 15) is 9.59 Å². The van der Waals surface area contributed by atoms with Crippen molar-refractivity contribution in [3.05, 3.63) is 63.6 Å². The average molecular weight is 421 g/mol. The van der Waals surface area contributed by atoms with Crippen LogP contribution in [0.5, 0.6) is 11.5 Å². The molecule has 0 saturated heterocycles. The van der Waals surface area contributed by atoms with Gasteiger partial charge in [-0.2, -0.15) is 0 Å². The molecule has 1 aliphatic rings. The number of ketones is 1. The van der Waals surface area contributed by atoms with Gasteiger partial charge in [-0.3, -0.25) is 4.79 Å². The fourth-order valence-corrected chi connectivity index (χ4v) is 3.12. The predicted molar refractivity (Wildman–Crippen MR) is 107 cm³/mol. The third-order valence-electron chi connectivity index (χ3n) is 4.01. The van der Waals surface area contributed by atoms with Gasteiger partial charge in [0.15, 0.2) is 17.6 Å². The number of hydrogen-bond acceptors (Lipinski definition) is 5. The molecule has 0 radical (unpaired) electrons. The summed E-state index contributed by atoms with van der Waals surface area (Å²) in [5.41, 5.74) is 1.03. The number of carbonyl (C=O) groups excluding carboxylic acids is 2.